The third kappa shape index (κ3) is 3.47. The highest BCUT2D eigenvalue weighted by molar-refractivity contribution is 5.98. The van der Waals surface area contributed by atoms with Crippen molar-refractivity contribution in [2.24, 2.45) is 0 Å². The number of fused-ring (bicyclic) bond motifs is 3. The fourth-order valence-electron chi connectivity index (χ4n) is 3.92. The number of aromatic amines is 1. The minimum absolute atomic E-state index is 0.273. The number of rotatable bonds is 6. The second kappa shape index (κ2) is 8.37. The van der Waals surface area contributed by atoms with E-state index < -0.39 is 6.29 Å². The van der Waals surface area contributed by atoms with Crippen LogP contribution < -0.4 is 5.69 Å². The largest absolute Gasteiger partial charge is 0.352 e. The van der Waals surface area contributed by atoms with Crippen LogP contribution in [-0.2, 0) is 9.47 Å². The number of pyridine rings is 2. The van der Waals surface area contributed by atoms with Gasteiger partial charge >= 0.3 is 5.69 Å². The van der Waals surface area contributed by atoms with Crippen LogP contribution in [0.4, 0.5) is 0 Å². The zero-order valence-electron chi connectivity index (χ0n) is 17.8. The fourth-order valence-corrected chi connectivity index (χ4v) is 3.92. The van der Waals surface area contributed by atoms with Crippen LogP contribution in [0.1, 0.15) is 18.8 Å². The van der Waals surface area contributed by atoms with Gasteiger partial charge in [0.15, 0.2) is 11.9 Å². The standard InChI is InChI=1S/C25H22N4O3/c1-3-32-24(31-2)18-11-9-17(10-12-18)22-19(16-7-5-4-6-8-16)15-20-21(26-22)13-14-29-23(20)27-28-25(29)30/h4-15,24H,3H2,1-2H3,(H,28,30). The van der Waals surface area contributed by atoms with Crippen LogP contribution in [0.5, 0.6) is 0 Å². The lowest BCUT2D eigenvalue weighted by atomic mass is 9.97. The van der Waals surface area contributed by atoms with Crippen LogP contribution in [0.3, 0.4) is 0 Å². The minimum Gasteiger partial charge on any atom is -0.352 e. The van der Waals surface area contributed by atoms with Crippen molar-refractivity contribution >= 4 is 16.6 Å². The average Bonchev–Trinajstić information content (AvgIpc) is 3.23. The van der Waals surface area contributed by atoms with Gasteiger partial charge in [0.25, 0.3) is 0 Å². The van der Waals surface area contributed by atoms with Crippen molar-refractivity contribution in [3.8, 4) is 22.4 Å². The van der Waals surface area contributed by atoms with Crippen molar-refractivity contribution in [1.82, 2.24) is 19.6 Å². The van der Waals surface area contributed by atoms with E-state index in [1.54, 1.807) is 13.3 Å². The first kappa shape index (κ1) is 20.1. The number of methoxy groups -OCH3 is 1. The summed E-state index contributed by atoms with van der Waals surface area (Å²) in [7, 11) is 1.63. The van der Waals surface area contributed by atoms with Gasteiger partial charge in [-0.3, -0.25) is 0 Å². The van der Waals surface area contributed by atoms with Gasteiger partial charge in [0.05, 0.1) is 11.2 Å². The topological polar surface area (TPSA) is 81.5 Å². The second-order valence-corrected chi connectivity index (χ2v) is 7.37. The monoisotopic (exact) mass is 426 g/mol. The zero-order valence-corrected chi connectivity index (χ0v) is 17.8. The molecular formula is C25H22N4O3. The smallest absolute Gasteiger partial charge is 0.347 e. The summed E-state index contributed by atoms with van der Waals surface area (Å²) in [5.41, 5.74) is 5.80. The fraction of sp³-hybridized carbons (Fsp3) is 0.160. The van der Waals surface area contributed by atoms with Gasteiger partial charge in [-0.1, -0.05) is 54.6 Å². The molecule has 7 heteroatoms. The quantitative estimate of drug-likeness (QED) is 0.402. The maximum atomic E-state index is 12.0. The van der Waals surface area contributed by atoms with Gasteiger partial charge in [0.2, 0.25) is 0 Å². The van der Waals surface area contributed by atoms with Crippen LogP contribution in [-0.4, -0.2) is 33.3 Å². The predicted octanol–water partition coefficient (Wildman–Crippen LogP) is 4.59. The molecule has 0 aliphatic rings. The molecule has 0 aliphatic heterocycles. The molecule has 0 saturated carbocycles. The van der Waals surface area contributed by atoms with Crippen LogP contribution in [0, 0.1) is 0 Å². The average molecular weight is 426 g/mol. The molecule has 0 radical (unpaired) electrons. The maximum absolute atomic E-state index is 12.0. The summed E-state index contributed by atoms with van der Waals surface area (Å²) in [6, 6.07) is 22.0. The Hall–Kier alpha value is -3.81. The summed E-state index contributed by atoms with van der Waals surface area (Å²) in [5.74, 6) is 0. The molecule has 2 aromatic carbocycles. The number of nitrogens with zero attached hydrogens (tertiary/aromatic N) is 3. The van der Waals surface area contributed by atoms with Gasteiger partial charge in [-0.25, -0.2) is 19.3 Å². The van der Waals surface area contributed by atoms with Crippen molar-refractivity contribution < 1.29 is 9.47 Å². The molecule has 0 bridgehead atoms. The molecule has 1 N–H and O–H groups in total. The normalized spacial score (nSPS) is 12.4. The highest BCUT2D eigenvalue weighted by atomic mass is 16.7. The molecule has 0 spiro atoms. The predicted molar refractivity (Wildman–Crippen MR) is 123 cm³/mol. The molecule has 3 heterocycles. The van der Waals surface area contributed by atoms with E-state index in [0.717, 1.165) is 38.9 Å². The SMILES string of the molecule is CCOC(OC)c1ccc(-c2nc3ccn4c(=O)[nH]nc4c3cc2-c2ccccc2)cc1. The molecule has 160 valence electrons. The first-order chi connectivity index (χ1) is 15.7. The number of hydrogen-bond acceptors (Lipinski definition) is 5. The van der Waals surface area contributed by atoms with Crippen LogP contribution >= 0.6 is 0 Å². The van der Waals surface area contributed by atoms with E-state index >= 15 is 0 Å². The number of ether oxygens (including phenoxy) is 2. The Bertz CT molecular complexity index is 1440. The highest BCUT2D eigenvalue weighted by Gasteiger charge is 2.16. The maximum Gasteiger partial charge on any atom is 0.347 e. The van der Waals surface area contributed by atoms with E-state index in [4.69, 9.17) is 14.5 Å². The van der Waals surface area contributed by atoms with Crippen molar-refractivity contribution in [2.45, 2.75) is 13.2 Å². The van der Waals surface area contributed by atoms with Gasteiger partial charge in [0, 0.05) is 42.0 Å². The van der Waals surface area contributed by atoms with Gasteiger partial charge in [0.1, 0.15) is 0 Å². The van der Waals surface area contributed by atoms with E-state index in [1.165, 1.54) is 4.40 Å². The Morgan fingerprint density at radius 2 is 1.81 bits per heavy atom. The lowest BCUT2D eigenvalue weighted by Gasteiger charge is -2.16. The molecule has 32 heavy (non-hydrogen) atoms. The Labute approximate surface area is 184 Å². The molecule has 7 nitrogen and oxygen atoms in total. The van der Waals surface area contributed by atoms with Gasteiger partial charge in [-0.05, 0) is 24.6 Å². The Kier molecular flexibility index (Phi) is 5.26. The molecule has 1 unspecified atom stereocenters. The third-order valence-electron chi connectivity index (χ3n) is 5.45. The molecule has 0 aliphatic carbocycles. The van der Waals surface area contributed by atoms with Gasteiger partial charge in [-0.2, -0.15) is 5.10 Å². The summed E-state index contributed by atoms with van der Waals surface area (Å²) in [6.45, 7) is 2.51. The van der Waals surface area contributed by atoms with Crippen molar-refractivity contribution in [1.29, 1.82) is 0 Å². The van der Waals surface area contributed by atoms with E-state index in [-0.39, 0.29) is 5.69 Å². The van der Waals surface area contributed by atoms with Crippen LogP contribution in [0.2, 0.25) is 0 Å². The molecule has 0 fully saturated rings. The van der Waals surface area contributed by atoms with Gasteiger partial charge < -0.3 is 9.47 Å². The lowest BCUT2D eigenvalue weighted by Crippen LogP contribution is -2.08. The van der Waals surface area contributed by atoms with Gasteiger partial charge in [-0.15, -0.1) is 0 Å². The number of hydrogen-bond donors (Lipinski definition) is 1. The van der Waals surface area contributed by atoms with E-state index in [9.17, 15) is 4.79 Å². The Balaban J connectivity index is 1.71. The molecule has 1 atom stereocenters. The summed E-state index contributed by atoms with van der Waals surface area (Å²) < 4.78 is 12.6. The number of benzene rings is 2. The molecule has 3 aromatic heterocycles. The van der Waals surface area contributed by atoms with Crippen molar-refractivity contribution in [3.63, 3.8) is 0 Å². The van der Waals surface area contributed by atoms with E-state index in [2.05, 4.69) is 16.3 Å². The Morgan fingerprint density at radius 3 is 2.53 bits per heavy atom. The molecule has 0 amide bonds. The summed E-state index contributed by atoms with van der Waals surface area (Å²) >= 11 is 0. The number of H-pyrrole nitrogens is 1. The van der Waals surface area contributed by atoms with Crippen molar-refractivity contribution in [2.75, 3.05) is 13.7 Å². The molecule has 5 rings (SSSR count). The first-order valence-corrected chi connectivity index (χ1v) is 10.4. The summed E-state index contributed by atoms with van der Waals surface area (Å²) in [4.78, 5) is 17.0. The van der Waals surface area contributed by atoms with E-state index in [1.807, 2.05) is 67.6 Å². The molecular weight excluding hydrogens is 404 g/mol. The molecule has 5 aromatic rings. The van der Waals surface area contributed by atoms with Crippen LogP contribution in [0.25, 0.3) is 38.9 Å². The van der Waals surface area contributed by atoms with Crippen LogP contribution in [0.15, 0.2) is 77.7 Å². The second-order valence-electron chi connectivity index (χ2n) is 7.37. The minimum atomic E-state index is -0.404. The molecule has 0 saturated heterocycles. The summed E-state index contributed by atoms with van der Waals surface area (Å²) in [6.07, 6.45) is 1.29. The number of nitrogens with one attached hydrogen (secondary N) is 1. The highest BCUT2D eigenvalue weighted by Crippen LogP contribution is 2.34. The third-order valence-corrected chi connectivity index (χ3v) is 5.45. The van der Waals surface area contributed by atoms with Crippen molar-refractivity contribution in [3.05, 3.63) is 89.0 Å². The number of aromatic nitrogens is 4. The zero-order chi connectivity index (χ0) is 22.1. The lowest BCUT2D eigenvalue weighted by molar-refractivity contribution is -0.124. The van der Waals surface area contributed by atoms with E-state index in [0.29, 0.717) is 12.3 Å². The Morgan fingerprint density at radius 1 is 1.03 bits per heavy atom. The summed E-state index contributed by atoms with van der Waals surface area (Å²) in [5, 5.41) is 7.52. The first-order valence-electron chi connectivity index (χ1n) is 10.4.